The fraction of sp³-hybridized carbons (Fsp3) is 0.526. The molecule has 0 radical (unpaired) electrons. The van der Waals surface area contributed by atoms with Crippen LogP contribution in [0.25, 0.3) is 11.0 Å². The van der Waals surface area contributed by atoms with Crippen LogP contribution >= 0.6 is 21.6 Å². The minimum Gasteiger partial charge on any atom is -0.329 e. The van der Waals surface area contributed by atoms with Crippen LogP contribution < -0.4 is 10.9 Å². The summed E-state index contributed by atoms with van der Waals surface area (Å²) in [6, 6.07) is 5.41. The van der Waals surface area contributed by atoms with Crippen LogP contribution in [-0.2, 0) is 11.3 Å². The lowest BCUT2D eigenvalue weighted by Gasteiger charge is -2.09. The number of carbonyl (C=O) groups is 2. The van der Waals surface area contributed by atoms with Gasteiger partial charge in [0.05, 0.1) is 11.0 Å². The molecule has 0 aliphatic carbocycles. The Kier molecular flexibility index (Phi) is 7.07. The number of rotatable bonds is 7. The van der Waals surface area contributed by atoms with Crippen molar-refractivity contribution in [3.63, 3.8) is 0 Å². The number of hydrogen-bond acceptors (Lipinski definition) is 5. The van der Waals surface area contributed by atoms with E-state index in [1.54, 1.807) is 12.1 Å². The van der Waals surface area contributed by atoms with E-state index in [4.69, 9.17) is 0 Å². The molecule has 0 bridgehead atoms. The molecule has 2 N–H and O–H groups in total. The van der Waals surface area contributed by atoms with Crippen molar-refractivity contribution in [3.05, 3.63) is 29.6 Å². The highest BCUT2D eigenvalue weighted by molar-refractivity contribution is 8.77. The molecule has 1 aliphatic heterocycles. The molecule has 1 atom stereocenters. The van der Waals surface area contributed by atoms with Crippen molar-refractivity contribution in [1.29, 1.82) is 0 Å². The van der Waals surface area contributed by atoms with Gasteiger partial charge in [-0.3, -0.25) is 20.4 Å². The van der Waals surface area contributed by atoms with Gasteiger partial charge in [-0.25, -0.2) is 4.98 Å². The SMILES string of the molecule is CCn1c(C)nc2cc(C(=O)NNC(=O)CCCCC3CCSS3)ccc21. The number of aromatic nitrogens is 2. The number of hydrazine groups is 1. The molecule has 1 saturated heterocycles. The topological polar surface area (TPSA) is 76.0 Å². The Labute approximate surface area is 167 Å². The Bertz CT molecular complexity index is 815. The van der Waals surface area contributed by atoms with Gasteiger partial charge in [0.15, 0.2) is 0 Å². The summed E-state index contributed by atoms with van der Waals surface area (Å²) >= 11 is 0. The Morgan fingerprint density at radius 2 is 2.15 bits per heavy atom. The van der Waals surface area contributed by atoms with Crippen LogP contribution in [0.5, 0.6) is 0 Å². The second kappa shape index (κ2) is 9.50. The monoisotopic (exact) mass is 406 g/mol. The average Bonchev–Trinajstić information content (AvgIpc) is 3.29. The van der Waals surface area contributed by atoms with Gasteiger partial charge < -0.3 is 4.57 Å². The number of carbonyl (C=O) groups excluding carboxylic acids is 2. The molecule has 1 aliphatic rings. The lowest BCUT2D eigenvalue weighted by atomic mass is 10.1. The molecule has 2 aromatic rings. The third-order valence-corrected chi connectivity index (χ3v) is 7.75. The summed E-state index contributed by atoms with van der Waals surface area (Å²) in [7, 11) is 3.91. The van der Waals surface area contributed by atoms with Crippen molar-refractivity contribution in [2.45, 2.75) is 57.7 Å². The van der Waals surface area contributed by atoms with Crippen molar-refractivity contribution in [1.82, 2.24) is 20.4 Å². The first kappa shape index (κ1) is 20.1. The van der Waals surface area contributed by atoms with E-state index >= 15 is 0 Å². The molecular formula is C19H26N4O2S2. The fourth-order valence-electron chi connectivity index (χ4n) is 3.27. The van der Waals surface area contributed by atoms with Gasteiger partial charge in [-0.1, -0.05) is 28.0 Å². The number of aryl methyl sites for hydroxylation is 2. The van der Waals surface area contributed by atoms with Crippen LogP contribution in [0, 0.1) is 6.92 Å². The number of fused-ring (bicyclic) bond motifs is 1. The number of hydrogen-bond donors (Lipinski definition) is 2. The highest BCUT2D eigenvalue weighted by Gasteiger charge is 2.16. The predicted octanol–water partition coefficient (Wildman–Crippen LogP) is 3.84. The van der Waals surface area contributed by atoms with Gasteiger partial charge in [-0.2, -0.15) is 0 Å². The predicted molar refractivity (Wildman–Crippen MR) is 113 cm³/mol. The van der Waals surface area contributed by atoms with E-state index in [2.05, 4.69) is 27.3 Å². The van der Waals surface area contributed by atoms with Gasteiger partial charge in [-0.15, -0.1) is 0 Å². The van der Waals surface area contributed by atoms with E-state index in [-0.39, 0.29) is 11.8 Å². The largest absolute Gasteiger partial charge is 0.329 e. The van der Waals surface area contributed by atoms with Gasteiger partial charge in [0, 0.05) is 29.5 Å². The molecule has 8 heteroatoms. The van der Waals surface area contributed by atoms with E-state index in [1.807, 2.05) is 34.6 Å². The van der Waals surface area contributed by atoms with Gasteiger partial charge in [0.25, 0.3) is 5.91 Å². The molecule has 3 rings (SSSR count). The zero-order chi connectivity index (χ0) is 19.2. The maximum absolute atomic E-state index is 12.3. The molecule has 1 aromatic carbocycles. The molecule has 6 nitrogen and oxygen atoms in total. The number of nitrogens with zero attached hydrogens (tertiary/aromatic N) is 2. The van der Waals surface area contributed by atoms with E-state index in [0.29, 0.717) is 12.0 Å². The Morgan fingerprint density at radius 3 is 2.89 bits per heavy atom. The Balaban J connectivity index is 1.44. The lowest BCUT2D eigenvalue weighted by Crippen LogP contribution is -2.41. The van der Waals surface area contributed by atoms with Crippen molar-refractivity contribution < 1.29 is 9.59 Å². The van der Waals surface area contributed by atoms with Crippen LogP contribution in [0.2, 0.25) is 0 Å². The molecule has 146 valence electrons. The third-order valence-electron chi connectivity index (χ3n) is 4.74. The maximum atomic E-state index is 12.3. The summed E-state index contributed by atoms with van der Waals surface area (Å²) in [5.41, 5.74) is 7.29. The smallest absolute Gasteiger partial charge is 0.269 e. The molecule has 0 spiro atoms. The molecule has 0 saturated carbocycles. The van der Waals surface area contributed by atoms with Gasteiger partial charge >= 0.3 is 0 Å². The number of nitrogens with one attached hydrogen (secondary N) is 2. The summed E-state index contributed by atoms with van der Waals surface area (Å²) in [6.07, 6.45) is 4.78. The Hall–Kier alpha value is -1.67. The first-order chi connectivity index (χ1) is 13.1. The van der Waals surface area contributed by atoms with Crippen molar-refractivity contribution in [3.8, 4) is 0 Å². The van der Waals surface area contributed by atoms with Crippen LogP contribution in [0.4, 0.5) is 0 Å². The van der Waals surface area contributed by atoms with Crippen molar-refractivity contribution in [2.75, 3.05) is 5.75 Å². The highest BCUT2D eigenvalue weighted by Crippen LogP contribution is 2.39. The first-order valence-corrected chi connectivity index (χ1v) is 11.8. The van der Waals surface area contributed by atoms with Crippen molar-refractivity contribution >= 4 is 44.4 Å². The molecule has 1 fully saturated rings. The zero-order valence-electron chi connectivity index (χ0n) is 15.8. The fourth-order valence-corrected chi connectivity index (χ4v) is 6.30. The van der Waals surface area contributed by atoms with Gasteiger partial charge in [0.1, 0.15) is 5.82 Å². The summed E-state index contributed by atoms with van der Waals surface area (Å²) in [6.45, 7) is 4.85. The normalized spacial score (nSPS) is 16.6. The van der Waals surface area contributed by atoms with Crippen LogP contribution in [0.15, 0.2) is 18.2 Å². The minimum absolute atomic E-state index is 0.149. The summed E-state index contributed by atoms with van der Waals surface area (Å²) in [5.74, 6) is 1.69. The molecule has 1 aromatic heterocycles. The number of unbranched alkanes of at least 4 members (excludes halogenated alkanes) is 1. The minimum atomic E-state index is -0.326. The third kappa shape index (κ3) is 5.19. The number of imidazole rings is 1. The Morgan fingerprint density at radius 1 is 1.30 bits per heavy atom. The van der Waals surface area contributed by atoms with Gasteiger partial charge in [0.2, 0.25) is 5.91 Å². The molecule has 27 heavy (non-hydrogen) atoms. The standard InChI is InChI=1S/C19H26N4O2S2/c1-3-23-13(2)20-16-12-14(8-9-17(16)23)19(25)22-21-18(24)7-5-4-6-15-10-11-26-27-15/h8-9,12,15H,3-7,10-11H2,1-2H3,(H,21,24)(H,22,25). The summed E-state index contributed by atoms with van der Waals surface area (Å²) in [5, 5.41) is 0.743. The first-order valence-electron chi connectivity index (χ1n) is 9.43. The quantitative estimate of drug-likeness (QED) is 0.415. The van der Waals surface area contributed by atoms with E-state index < -0.39 is 0 Å². The highest BCUT2D eigenvalue weighted by atomic mass is 33.1. The van der Waals surface area contributed by atoms with E-state index in [0.717, 1.165) is 41.5 Å². The number of amides is 2. The second-order valence-electron chi connectivity index (χ2n) is 6.68. The molecule has 1 unspecified atom stereocenters. The van der Waals surface area contributed by atoms with E-state index in [9.17, 15) is 9.59 Å². The zero-order valence-corrected chi connectivity index (χ0v) is 17.4. The molecular weight excluding hydrogens is 380 g/mol. The number of benzene rings is 1. The average molecular weight is 407 g/mol. The second-order valence-corrected chi connectivity index (χ2v) is 9.47. The van der Waals surface area contributed by atoms with Crippen LogP contribution in [0.1, 0.15) is 55.2 Å². The maximum Gasteiger partial charge on any atom is 0.269 e. The summed E-state index contributed by atoms with van der Waals surface area (Å²) < 4.78 is 2.10. The lowest BCUT2D eigenvalue weighted by molar-refractivity contribution is -0.122. The van der Waals surface area contributed by atoms with E-state index in [1.165, 1.54) is 18.6 Å². The van der Waals surface area contributed by atoms with Gasteiger partial charge in [-0.05, 0) is 51.3 Å². The van der Waals surface area contributed by atoms with Crippen molar-refractivity contribution in [2.24, 2.45) is 0 Å². The molecule has 2 heterocycles. The van der Waals surface area contributed by atoms with Crippen LogP contribution in [0.3, 0.4) is 0 Å². The molecule has 2 amide bonds. The van der Waals surface area contributed by atoms with Crippen LogP contribution in [-0.4, -0.2) is 32.4 Å². The summed E-state index contributed by atoms with van der Waals surface area (Å²) in [4.78, 5) is 28.7.